The van der Waals surface area contributed by atoms with E-state index in [4.69, 9.17) is 4.74 Å². The molecule has 0 saturated heterocycles. The van der Waals surface area contributed by atoms with Gasteiger partial charge in [0.15, 0.2) is 5.70 Å². The summed E-state index contributed by atoms with van der Waals surface area (Å²) < 4.78 is 5.23. The Labute approximate surface area is 131 Å². The van der Waals surface area contributed by atoms with Crippen molar-refractivity contribution in [2.75, 3.05) is 0 Å². The predicted octanol–water partition coefficient (Wildman–Crippen LogP) is 4.25. The van der Waals surface area contributed by atoms with Crippen molar-refractivity contribution in [1.82, 2.24) is 0 Å². The van der Waals surface area contributed by atoms with E-state index < -0.39 is 5.97 Å². The average molecular weight is 305 g/mol. The van der Waals surface area contributed by atoms with E-state index in [9.17, 15) is 4.79 Å². The number of aliphatic imine (C=N–C) groups is 1. The summed E-state index contributed by atoms with van der Waals surface area (Å²) in [7, 11) is 0. The van der Waals surface area contributed by atoms with Gasteiger partial charge in [-0.3, -0.25) is 0 Å². The van der Waals surface area contributed by atoms with Crippen LogP contribution in [-0.4, -0.2) is 11.9 Å². The summed E-state index contributed by atoms with van der Waals surface area (Å²) in [5.41, 5.74) is 1.26. The standard InChI is InChI=1S/C18H11NO2S/c20-18-15(19-17(21-18)16-6-3-9-22-16)11-12-7-8-13-4-1-2-5-14(13)10-12/h1-11H/b15-11+. The minimum absolute atomic E-state index is 0.332. The van der Waals surface area contributed by atoms with Crippen molar-refractivity contribution in [3.63, 3.8) is 0 Å². The lowest BCUT2D eigenvalue weighted by molar-refractivity contribution is -0.129. The Hall–Kier alpha value is -2.72. The zero-order chi connectivity index (χ0) is 14.9. The van der Waals surface area contributed by atoms with E-state index in [1.165, 1.54) is 16.7 Å². The molecule has 1 aliphatic rings. The third-order valence-corrected chi connectivity index (χ3v) is 4.29. The quantitative estimate of drug-likeness (QED) is 0.524. The number of ether oxygens (including phenoxy) is 1. The lowest BCUT2D eigenvalue weighted by Gasteiger charge is -1.99. The van der Waals surface area contributed by atoms with Crippen LogP contribution in [-0.2, 0) is 9.53 Å². The molecule has 1 aromatic heterocycles. The topological polar surface area (TPSA) is 38.7 Å². The van der Waals surface area contributed by atoms with E-state index in [0.29, 0.717) is 11.6 Å². The summed E-state index contributed by atoms with van der Waals surface area (Å²) in [5.74, 6) is -0.0244. The predicted molar refractivity (Wildman–Crippen MR) is 88.9 cm³/mol. The van der Waals surface area contributed by atoms with E-state index >= 15 is 0 Å². The molecular weight excluding hydrogens is 294 g/mol. The number of carbonyl (C=O) groups is 1. The molecule has 2 heterocycles. The fraction of sp³-hybridized carbons (Fsp3) is 0. The van der Waals surface area contributed by atoms with Gasteiger partial charge in [0.2, 0.25) is 5.90 Å². The van der Waals surface area contributed by atoms with Crippen LogP contribution in [0.4, 0.5) is 0 Å². The highest BCUT2D eigenvalue weighted by molar-refractivity contribution is 7.12. The zero-order valence-corrected chi connectivity index (χ0v) is 12.3. The molecule has 0 aliphatic carbocycles. The first kappa shape index (κ1) is 13.0. The Morgan fingerprint density at radius 1 is 1.00 bits per heavy atom. The van der Waals surface area contributed by atoms with Gasteiger partial charge in [0.05, 0.1) is 4.88 Å². The van der Waals surface area contributed by atoms with Gasteiger partial charge in [0, 0.05) is 0 Å². The number of hydrogen-bond donors (Lipinski definition) is 0. The van der Waals surface area contributed by atoms with Crippen LogP contribution in [0.15, 0.2) is 70.7 Å². The molecule has 1 aliphatic heterocycles. The van der Waals surface area contributed by atoms with Gasteiger partial charge < -0.3 is 4.74 Å². The maximum absolute atomic E-state index is 11.9. The first-order valence-corrected chi connectivity index (χ1v) is 7.73. The summed E-state index contributed by atoms with van der Waals surface area (Å²) in [5, 5.41) is 4.23. The van der Waals surface area contributed by atoms with E-state index in [0.717, 1.165) is 15.8 Å². The molecule has 0 atom stereocenters. The monoisotopic (exact) mass is 305 g/mol. The number of rotatable bonds is 2. The number of fused-ring (bicyclic) bond motifs is 1. The van der Waals surface area contributed by atoms with Gasteiger partial charge in [-0.15, -0.1) is 11.3 Å². The fourth-order valence-electron chi connectivity index (χ4n) is 2.37. The number of cyclic esters (lactones) is 1. The van der Waals surface area contributed by atoms with Gasteiger partial charge >= 0.3 is 5.97 Å². The first-order valence-electron chi connectivity index (χ1n) is 6.85. The molecule has 0 unspecified atom stereocenters. The first-order chi connectivity index (χ1) is 10.8. The third-order valence-electron chi connectivity index (χ3n) is 3.43. The van der Waals surface area contributed by atoms with Gasteiger partial charge in [0.25, 0.3) is 0 Å². The Bertz CT molecular complexity index is 923. The summed E-state index contributed by atoms with van der Waals surface area (Å²) in [6.07, 6.45) is 1.76. The molecule has 3 nitrogen and oxygen atoms in total. The number of hydrogen-bond acceptors (Lipinski definition) is 4. The summed E-state index contributed by atoms with van der Waals surface area (Å²) in [4.78, 5) is 17.1. The maximum atomic E-state index is 11.9. The molecule has 106 valence electrons. The van der Waals surface area contributed by atoms with Gasteiger partial charge in [-0.25, -0.2) is 9.79 Å². The number of nitrogens with zero attached hydrogens (tertiary/aromatic N) is 1. The normalized spacial score (nSPS) is 16.1. The summed E-state index contributed by atoms with van der Waals surface area (Å²) >= 11 is 1.50. The zero-order valence-electron chi connectivity index (χ0n) is 11.5. The minimum atomic E-state index is -0.406. The van der Waals surface area contributed by atoms with Crippen molar-refractivity contribution < 1.29 is 9.53 Å². The number of benzene rings is 2. The second-order valence-corrected chi connectivity index (χ2v) is 5.87. The molecule has 2 aromatic carbocycles. The van der Waals surface area contributed by atoms with E-state index in [1.807, 2.05) is 53.9 Å². The Kier molecular flexibility index (Phi) is 3.09. The van der Waals surface area contributed by atoms with Crippen LogP contribution in [0.25, 0.3) is 16.8 Å². The molecule has 4 heteroatoms. The molecule has 0 spiro atoms. The molecule has 22 heavy (non-hydrogen) atoms. The Balaban J connectivity index is 1.73. The van der Waals surface area contributed by atoms with Crippen LogP contribution in [0.5, 0.6) is 0 Å². The molecule has 0 radical (unpaired) electrons. The Morgan fingerprint density at radius 2 is 1.86 bits per heavy atom. The average Bonchev–Trinajstić information content (AvgIpc) is 3.18. The van der Waals surface area contributed by atoms with Crippen LogP contribution in [0, 0.1) is 0 Å². The molecule has 0 saturated carbocycles. The highest BCUT2D eigenvalue weighted by Crippen LogP contribution is 2.23. The molecule has 0 amide bonds. The molecule has 0 bridgehead atoms. The second kappa shape index (κ2) is 5.24. The van der Waals surface area contributed by atoms with E-state index in [-0.39, 0.29) is 0 Å². The van der Waals surface area contributed by atoms with Gasteiger partial charge in [-0.1, -0.05) is 42.5 Å². The number of thiophene rings is 1. The fourth-order valence-corrected chi connectivity index (χ4v) is 3.02. The number of esters is 1. The SMILES string of the molecule is O=C1OC(c2cccs2)=N/C1=C/c1ccc2ccccc2c1. The van der Waals surface area contributed by atoms with Crippen LogP contribution >= 0.6 is 11.3 Å². The smallest absolute Gasteiger partial charge is 0.363 e. The van der Waals surface area contributed by atoms with Crippen LogP contribution < -0.4 is 0 Å². The Morgan fingerprint density at radius 3 is 2.68 bits per heavy atom. The third kappa shape index (κ3) is 2.34. The molecule has 0 fully saturated rings. The molecule has 0 N–H and O–H groups in total. The van der Waals surface area contributed by atoms with Crippen molar-refractivity contribution in [3.05, 3.63) is 76.1 Å². The van der Waals surface area contributed by atoms with E-state index in [2.05, 4.69) is 11.1 Å². The van der Waals surface area contributed by atoms with Gasteiger partial charge in [-0.05, 0) is 39.9 Å². The minimum Gasteiger partial charge on any atom is -0.401 e. The van der Waals surface area contributed by atoms with Crippen molar-refractivity contribution in [1.29, 1.82) is 0 Å². The van der Waals surface area contributed by atoms with Crippen molar-refractivity contribution in [2.45, 2.75) is 0 Å². The number of carbonyl (C=O) groups excluding carboxylic acids is 1. The van der Waals surface area contributed by atoms with Crippen molar-refractivity contribution >= 4 is 40.1 Å². The molecule has 3 aromatic rings. The largest absolute Gasteiger partial charge is 0.401 e. The van der Waals surface area contributed by atoms with Gasteiger partial charge in [0.1, 0.15) is 0 Å². The maximum Gasteiger partial charge on any atom is 0.363 e. The van der Waals surface area contributed by atoms with E-state index in [1.54, 1.807) is 6.08 Å². The lowest BCUT2D eigenvalue weighted by atomic mass is 10.1. The second-order valence-electron chi connectivity index (χ2n) is 4.92. The highest BCUT2D eigenvalue weighted by atomic mass is 32.1. The molecular formula is C18H11NO2S. The van der Waals surface area contributed by atoms with Crippen molar-refractivity contribution in [3.8, 4) is 0 Å². The highest BCUT2D eigenvalue weighted by Gasteiger charge is 2.24. The van der Waals surface area contributed by atoms with Gasteiger partial charge in [-0.2, -0.15) is 0 Å². The summed E-state index contributed by atoms with van der Waals surface area (Å²) in [6, 6.07) is 17.9. The van der Waals surface area contributed by atoms with Crippen LogP contribution in [0.3, 0.4) is 0 Å². The molecule has 4 rings (SSSR count). The summed E-state index contributed by atoms with van der Waals surface area (Å²) in [6.45, 7) is 0. The van der Waals surface area contributed by atoms with Crippen LogP contribution in [0.2, 0.25) is 0 Å². The van der Waals surface area contributed by atoms with Crippen molar-refractivity contribution in [2.24, 2.45) is 4.99 Å². The lowest BCUT2D eigenvalue weighted by Crippen LogP contribution is -2.03. The van der Waals surface area contributed by atoms with Crippen LogP contribution in [0.1, 0.15) is 10.4 Å².